The van der Waals surface area contributed by atoms with Crippen molar-refractivity contribution in [2.45, 2.75) is 45.2 Å². The van der Waals surface area contributed by atoms with E-state index >= 15 is 0 Å². The van der Waals surface area contributed by atoms with Gasteiger partial charge in [-0.2, -0.15) is 0 Å². The molecule has 0 aromatic rings. The third kappa shape index (κ3) is 5.25. The second-order valence-corrected chi connectivity index (χ2v) is 3.43. The summed E-state index contributed by atoms with van der Waals surface area (Å²) in [5.74, 6) is 1.42. The van der Waals surface area contributed by atoms with Crippen molar-refractivity contribution in [2.75, 3.05) is 0 Å². The number of hydrogen-bond donors (Lipinski definition) is 3. The maximum atomic E-state index is 11.4. The lowest BCUT2D eigenvalue weighted by atomic mass is 10.1. The van der Waals surface area contributed by atoms with Crippen LogP contribution in [-0.4, -0.2) is 29.2 Å². The summed E-state index contributed by atoms with van der Waals surface area (Å²) in [5, 5.41) is 13.7. The zero-order valence-electron chi connectivity index (χ0n) is 9.62. The van der Waals surface area contributed by atoms with E-state index in [0.717, 1.165) is 0 Å². The van der Waals surface area contributed by atoms with E-state index < -0.39 is 18.0 Å². The highest BCUT2D eigenvalue weighted by Gasteiger charge is 2.18. The number of carbonyl (C=O) groups is 2. The molecule has 0 spiro atoms. The second-order valence-electron chi connectivity index (χ2n) is 3.43. The average molecular weight is 226 g/mol. The van der Waals surface area contributed by atoms with E-state index in [0.29, 0.717) is 19.3 Å². The fraction of sp³-hybridized carbons (Fsp3) is 0.636. The van der Waals surface area contributed by atoms with Gasteiger partial charge in [-0.3, -0.25) is 0 Å². The van der Waals surface area contributed by atoms with Crippen molar-refractivity contribution in [3.8, 4) is 12.3 Å². The zero-order chi connectivity index (χ0) is 12.6. The molecular formula is C11H18N2O3. The van der Waals surface area contributed by atoms with Gasteiger partial charge in [0.25, 0.3) is 0 Å². The summed E-state index contributed by atoms with van der Waals surface area (Å²) in [7, 11) is 0. The van der Waals surface area contributed by atoms with Crippen LogP contribution in [0.4, 0.5) is 4.79 Å². The number of hydrogen-bond acceptors (Lipinski definition) is 2. The van der Waals surface area contributed by atoms with E-state index in [1.165, 1.54) is 0 Å². The molecule has 0 saturated heterocycles. The first-order valence-corrected chi connectivity index (χ1v) is 5.28. The molecule has 0 aliphatic heterocycles. The van der Waals surface area contributed by atoms with Gasteiger partial charge in [0, 0.05) is 12.5 Å². The molecule has 0 aromatic heterocycles. The third-order valence-electron chi connectivity index (χ3n) is 2.20. The zero-order valence-corrected chi connectivity index (χ0v) is 9.62. The molecule has 0 aliphatic carbocycles. The fourth-order valence-corrected chi connectivity index (χ4v) is 1.16. The number of rotatable bonds is 6. The number of urea groups is 1. The summed E-state index contributed by atoms with van der Waals surface area (Å²) in [6, 6.07) is -1.46. The van der Waals surface area contributed by atoms with Crippen LogP contribution >= 0.6 is 0 Å². The van der Waals surface area contributed by atoms with Gasteiger partial charge in [0.1, 0.15) is 6.04 Å². The first-order chi connectivity index (χ1) is 7.54. The van der Waals surface area contributed by atoms with Crippen LogP contribution < -0.4 is 10.6 Å². The monoisotopic (exact) mass is 226 g/mol. The Morgan fingerprint density at radius 1 is 1.31 bits per heavy atom. The molecule has 3 N–H and O–H groups in total. The number of carboxylic acids is 1. The Morgan fingerprint density at radius 3 is 2.31 bits per heavy atom. The Bertz CT molecular complexity index is 283. The summed E-state index contributed by atoms with van der Waals surface area (Å²) >= 11 is 0. The van der Waals surface area contributed by atoms with E-state index in [9.17, 15) is 9.59 Å². The SMILES string of the molecule is C#CCC(CC)NC(=O)N[C@@H](CC)C(=O)O. The predicted octanol–water partition coefficient (Wildman–Crippen LogP) is 0.951. The minimum atomic E-state index is -1.04. The van der Waals surface area contributed by atoms with Gasteiger partial charge in [0.2, 0.25) is 0 Å². The molecule has 90 valence electrons. The highest BCUT2D eigenvalue weighted by atomic mass is 16.4. The first kappa shape index (κ1) is 14.3. The van der Waals surface area contributed by atoms with Crippen molar-refractivity contribution in [1.82, 2.24) is 10.6 Å². The summed E-state index contributed by atoms with van der Waals surface area (Å²) in [4.78, 5) is 22.1. The Morgan fingerprint density at radius 2 is 1.94 bits per heavy atom. The summed E-state index contributed by atoms with van der Waals surface area (Å²) in [6.45, 7) is 3.59. The quantitative estimate of drug-likeness (QED) is 0.590. The van der Waals surface area contributed by atoms with Gasteiger partial charge >= 0.3 is 12.0 Å². The van der Waals surface area contributed by atoms with Crippen LogP contribution in [0.1, 0.15) is 33.1 Å². The molecule has 0 saturated carbocycles. The highest BCUT2D eigenvalue weighted by molar-refractivity contribution is 5.82. The van der Waals surface area contributed by atoms with Crippen molar-refractivity contribution in [3.63, 3.8) is 0 Å². The smallest absolute Gasteiger partial charge is 0.326 e. The maximum Gasteiger partial charge on any atom is 0.326 e. The van der Waals surface area contributed by atoms with E-state index in [4.69, 9.17) is 11.5 Å². The second kappa shape index (κ2) is 7.57. The first-order valence-electron chi connectivity index (χ1n) is 5.28. The van der Waals surface area contributed by atoms with Gasteiger partial charge in [-0.1, -0.05) is 13.8 Å². The van der Waals surface area contributed by atoms with E-state index in [2.05, 4.69) is 16.6 Å². The molecule has 0 bridgehead atoms. The molecule has 0 aliphatic rings. The molecule has 0 rings (SSSR count). The molecule has 16 heavy (non-hydrogen) atoms. The number of nitrogens with one attached hydrogen (secondary N) is 2. The molecule has 1 unspecified atom stereocenters. The van der Waals surface area contributed by atoms with Crippen LogP contribution in [0.25, 0.3) is 0 Å². The topological polar surface area (TPSA) is 78.4 Å². The molecular weight excluding hydrogens is 208 g/mol. The lowest BCUT2D eigenvalue weighted by Gasteiger charge is -2.17. The van der Waals surface area contributed by atoms with Crippen LogP contribution in [0.15, 0.2) is 0 Å². The van der Waals surface area contributed by atoms with Gasteiger partial charge in [0.05, 0.1) is 0 Å². The number of aliphatic carboxylic acids is 1. The number of carbonyl (C=O) groups excluding carboxylic acids is 1. The van der Waals surface area contributed by atoms with Crippen LogP contribution in [0.2, 0.25) is 0 Å². The Balaban J connectivity index is 4.15. The Labute approximate surface area is 95.6 Å². The Hall–Kier alpha value is -1.70. The molecule has 5 heteroatoms. The maximum absolute atomic E-state index is 11.4. The predicted molar refractivity (Wildman–Crippen MR) is 60.9 cm³/mol. The van der Waals surface area contributed by atoms with Crippen LogP contribution in [0.5, 0.6) is 0 Å². The molecule has 0 aromatic carbocycles. The van der Waals surface area contributed by atoms with Gasteiger partial charge in [-0.05, 0) is 12.8 Å². The van der Waals surface area contributed by atoms with Gasteiger partial charge in [-0.25, -0.2) is 9.59 Å². The minimum absolute atomic E-state index is 0.115. The van der Waals surface area contributed by atoms with Gasteiger partial charge in [0.15, 0.2) is 0 Å². The average Bonchev–Trinajstić information content (AvgIpc) is 2.24. The standard InChI is InChI=1S/C11H18N2O3/c1-4-7-8(5-2)12-11(16)13-9(6-3)10(14)15/h1,8-9H,5-7H2,2-3H3,(H,14,15)(H2,12,13,16)/t8?,9-/m0/s1. The lowest BCUT2D eigenvalue weighted by molar-refractivity contribution is -0.139. The third-order valence-corrected chi connectivity index (χ3v) is 2.20. The van der Waals surface area contributed by atoms with Gasteiger partial charge < -0.3 is 15.7 Å². The van der Waals surface area contributed by atoms with Crippen LogP contribution in [0.3, 0.4) is 0 Å². The van der Waals surface area contributed by atoms with Gasteiger partial charge in [-0.15, -0.1) is 12.3 Å². The minimum Gasteiger partial charge on any atom is -0.480 e. The summed E-state index contributed by atoms with van der Waals surface area (Å²) < 4.78 is 0. The van der Waals surface area contributed by atoms with Crippen molar-refractivity contribution in [3.05, 3.63) is 0 Å². The molecule has 0 heterocycles. The van der Waals surface area contributed by atoms with Crippen molar-refractivity contribution in [1.29, 1.82) is 0 Å². The molecule has 0 fully saturated rings. The molecule has 2 amide bonds. The van der Waals surface area contributed by atoms with Crippen molar-refractivity contribution in [2.24, 2.45) is 0 Å². The number of terminal acetylenes is 1. The van der Waals surface area contributed by atoms with Crippen LogP contribution in [0, 0.1) is 12.3 Å². The molecule has 5 nitrogen and oxygen atoms in total. The summed E-state index contributed by atoms with van der Waals surface area (Å²) in [5.41, 5.74) is 0. The van der Waals surface area contributed by atoms with Crippen molar-refractivity contribution < 1.29 is 14.7 Å². The normalized spacial score (nSPS) is 13.3. The van der Waals surface area contributed by atoms with E-state index in [-0.39, 0.29) is 6.04 Å². The van der Waals surface area contributed by atoms with Crippen LogP contribution in [-0.2, 0) is 4.79 Å². The number of carboxylic acid groups (broad SMARTS) is 1. The fourth-order valence-electron chi connectivity index (χ4n) is 1.16. The molecule has 2 atom stereocenters. The number of amides is 2. The Kier molecular flexibility index (Phi) is 6.77. The lowest BCUT2D eigenvalue weighted by Crippen LogP contribution is -2.48. The molecule has 0 radical (unpaired) electrons. The summed E-state index contributed by atoms with van der Waals surface area (Å²) in [6.07, 6.45) is 6.63. The van der Waals surface area contributed by atoms with E-state index in [1.54, 1.807) is 6.92 Å². The highest BCUT2D eigenvalue weighted by Crippen LogP contribution is 1.96. The van der Waals surface area contributed by atoms with Crippen molar-refractivity contribution >= 4 is 12.0 Å². The van der Waals surface area contributed by atoms with E-state index in [1.807, 2.05) is 6.92 Å². The largest absolute Gasteiger partial charge is 0.480 e.